The molecule has 3 heterocycles. The number of benzene rings is 3. The van der Waals surface area contributed by atoms with Crippen LogP contribution in [0.2, 0.25) is 0 Å². The summed E-state index contributed by atoms with van der Waals surface area (Å²) < 4.78 is 2.67. The van der Waals surface area contributed by atoms with E-state index >= 15 is 0 Å². The van der Waals surface area contributed by atoms with Gasteiger partial charge in [0, 0.05) is 39.0 Å². The standard InChI is InChI=1S/C52H48N4/c1-52(2,3)37-24-26-38(27-25-37)55-47-29-23-36(32-43(47)49-39-16-8-7-13-33(39)21-30-48(49)55)35-22-28-46-42(31-35)40-17-10-12-20-45(40)56(46)51-53-44-19-11-9-18-41(44)50(54-51)34-14-5-4-6-15-34/h4-5,7-8,10,12-14,16-20,22-26,28-29,31-32,38,42,46H,6,9,11,15,21,27,30H2,1-3H3. The van der Waals surface area contributed by atoms with Gasteiger partial charge in [0.15, 0.2) is 0 Å². The van der Waals surface area contributed by atoms with Crippen LogP contribution < -0.4 is 15.5 Å². The SMILES string of the molecule is CC(C)(C)C1=CCC(n2c3c(c4cc(C5=CC6c7ccccc7N(c7nc(C8=CC=CCC8)c8c(n7)=CCCC=8)C6C=C5)ccc42)-c2ccccc2CC3)C=C1. The van der Waals surface area contributed by atoms with Gasteiger partial charge in [-0.3, -0.25) is 0 Å². The molecule has 4 nitrogen and oxygen atoms in total. The molecule has 1 aliphatic heterocycles. The lowest BCUT2D eigenvalue weighted by molar-refractivity contribution is 0.501. The largest absolute Gasteiger partial charge is 0.337 e. The minimum absolute atomic E-state index is 0.100. The number of para-hydroxylation sites is 1. The van der Waals surface area contributed by atoms with E-state index in [-0.39, 0.29) is 17.4 Å². The quantitative estimate of drug-likeness (QED) is 0.185. The molecule has 3 unspecified atom stereocenters. The summed E-state index contributed by atoms with van der Waals surface area (Å²) in [6.45, 7) is 6.95. The Kier molecular flexibility index (Phi) is 7.74. The van der Waals surface area contributed by atoms with Crippen LogP contribution in [0.25, 0.3) is 45.3 Å². The number of hydrogen-bond acceptors (Lipinski definition) is 3. The highest BCUT2D eigenvalue weighted by Gasteiger charge is 2.40. The molecule has 11 rings (SSSR count). The van der Waals surface area contributed by atoms with Crippen molar-refractivity contribution in [2.45, 2.75) is 83.7 Å². The molecule has 0 amide bonds. The molecule has 0 saturated heterocycles. The van der Waals surface area contributed by atoms with Crippen molar-refractivity contribution in [2.75, 3.05) is 4.90 Å². The second-order valence-electron chi connectivity index (χ2n) is 17.4. The van der Waals surface area contributed by atoms with Gasteiger partial charge in [0.2, 0.25) is 5.95 Å². The van der Waals surface area contributed by atoms with Gasteiger partial charge in [-0.1, -0.05) is 136 Å². The fraction of sp³-hybridized carbons (Fsp3) is 0.269. The number of aromatic nitrogens is 3. The van der Waals surface area contributed by atoms with E-state index in [9.17, 15) is 0 Å². The van der Waals surface area contributed by atoms with Crippen LogP contribution in [0.3, 0.4) is 0 Å². The minimum Gasteiger partial charge on any atom is -0.337 e. The molecule has 5 aliphatic carbocycles. The Balaban J connectivity index is 1.01. The number of allylic oxidation sites excluding steroid dienone is 10. The Morgan fingerprint density at radius 1 is 0.804 bits per heavy atom. The fourth-order valence-corrected chi connectivity index (χ4v) is 10.3. The summed E-state index contributed by atoms with van der Waals surface area (Å²) in [4.78, 5) is 13.1. The van der Waals surface area contributed by atoms with Gasteiger partial charge in [-0.2, -0.15) is 0 Å². The van der Waals surface area contributed by atoms with E-state index in [4.69, 9.17) is 9.97 Å². The Bertz CT molecular complexity index is 2790. The highest BCUT2D eigenvalue weighted by molar-refractivity contribution is 6.02. The van der Waals surface area contributed by atoms with E-state index in [1.165, 1.54) is 72.0 Å². The van der Waals surface area contributed by atoms with Crippen LogP contribution in [0.4, 0.5) is 11.6 Å². The van der Waals surface area contributed by atoms with Crippen LogP contribution in [-0.4, -0.2) is 20.6 Å². The van der Waals surface area contributed by atoms with Gasteiger partial charge in [-0.25, -0.2) is 9.97 Å². The second-order valence-corrected chi connectivity index (χ2v) is 17.4. The highest BCUT2D eigenvalue weighted by Crippen LogP contribution is 2.49. The van der Waals surface area contributed by atoms with Crippen molar-refractivity contribution in [1.29, 1.82) is 0 Å². The van der Waals surface area contributed by atoms with Crippen molar-refractivity contribution in [3.8, 4) is 11.1 Å². The van der Waals surface area contributed by atoms with Crippen LogP contribution in [0.15, 0.2) is 127 Å². The molecule has 3 aromatic carbocycles. The Hall–Kier alpha value is -5.74. The monoisotopic (exact) mass is 728 g/mol. The molecule has 4 heteroatoms. The zero-order valence-electron chi connectivity index (χ0n) is 32.7. The maximum absolute atomic E-state index is 5.41. The summed E-state index contributed by atoms with van der Waals surface area (Å²) in [7, 11) is 0. The molecule has 56 heavy (non-hydrogen) atoms. The first-order chi connectivity index (χ1) is 27.4. The summed E-state index contributed by atoms with van der Waals surface area (Å²) >= 11 is 0. The molecule has 0 spiro atoms. The van der Waals surface area contributed by atoms with Crippen LogP contribution in [0, 0.1) is 5.41 Å². The van der Waals surface area contributed by atoms with Crippen molar-refractivity contribution in [1.82, 2.24) is 14.5 Å². The molecule has 0 saturated carbocycles. The summed E-state index contributed by atoms with van der Waals surface area (Å²) in [5.74, 6) is 0.990. The highest BCUT2D eigenvalue weighted by atomic mass is 15.3. The minimum atomic E-state index is 0.100. The number of fused-ring (bicyclic) bond motifs is 9. The van der Waals surface area contributed by atoms with E-state index < -0.39 is 0 Å². The lowest BCUT2D eigenvalue weighted by Crippen LogP contribution is -2.39. The van der Waals surface area contributed by atoms with Gasteiger partial charge in [0.25, 0.3) is 0 Å². The van der Waals surface area contributed by atoms with Gasteiger partial charge < -0.3 is 9.47 Å². The molecule has 276 valence electrons. The average molecular weight is 729 g/mol. The molecular formula is C52H48N4. The Morgan fingerprint density at radius 2 is 1.68 bits per heavy atom. The molecular weight excluding hydrogens is 681 g/mol. The number of nitrogens with zero attached hydrogens (tertiary/aromatic N) is 4. The Morgan fingerprint density at radius 3 is 2.54 bits per heavy atom. The Labute approximate surface area is 330 Å². The van der Waals surface area contributed by atoms with Gasteiger partial charge >= 0.3 is 0 Å². The fourth-order valence-electron chi connectivity index (χ4n) is 10.3. The van der Waals surface area contributed by atoms with Crippen molar-refractivity contribution >= 4 is 45.8 Å². The predicted octanol–water partition coefficient (Wildman–Crippen LogP) is 11.0. The normalized spacial score (nSPS) is 21.9. The smallest absolute Gasteiger partial charge is 0.231 e. The maximum Gasteiger partial charge on any atom is 0.231 e. The first-order valence-electron chi connectivity index (χ1n) is 20.8. The van der Waals surface area contributed by atoms with Gasteiger partial charge in [0.05, 0.1) is 23.1 Å². The molecule has 0 radical (unpaired) electrons. The first kappa shape index (κ1) is 33.6. The summed E-state index contributed by atoms with van der Waals surface area (Å²) in [5.41, 5.74) is 16.2. The maximum atomic E-state index is 5.41. The molecule has 0 bridgehead atoms. The van der Waals surface area contributed by atoms with E-state index in [2.05, 4.69) is 164 Å². The zero-order chi connectivity index (χ0) is 37.5. The predicted molar refractivity (Wildman–Crippen MR) is 233 cm³/mol. The van der Waals surface area contributed by atoms with Gasteiger partial charge in [-0.05, 0) is 108 Å². The number of anilines is 2. The molecule has 0 fully saturated rings. The van der Waals surface area contributed by atoms with Crippen LogP contribution in [0.5, 0.6) is 0 Å². The molecule has 3 atom stereocenters. The van der Waals surface area contributed by atoms with E-state index in [1.54, 1.807) is 0 Å². The van der Waals surface area contributed by atoms with Crippen molar-refractivity contribution in [3.05, 3.63) is 166 Å². The van der Waals surface area contributed by atoms with Crippen molar-refractivity contribution < 1.29 is 0 Å². The molecule has 6 aliphatic rings. The van der Waals surface area contributed by atoms with Gasteiger partial charge in [-0.15, -0.1) is 0 Å². The third-order valence-electron chi connectivity index (χ3n) is 13.0. The van der Waals surface area contributed by atoms with E-state index in [0.717, 1.165) is 61.9 Å². The summed E-state index contributed by atoms with van der Waals surface area (Å²) in [6, 6.07) is 25.7. The zero-order valence-corrected chi connectivity index (χ0v) is 32.7. The third kappa shape index (κ3) is 5.33. The summed E-state index contributed by atoms with van der Waals surface area (Å²) in [5, 5.41) is 3.64. The van der Waals surface area contributed by atoms with Crippen LogP contribution in [0.1, 0.15) is 92.9 Å². The molecule has 2 aromatic heterocycles. The molecule has 5 aromatic rings. The average Bonchev–Trinajstić information content (AvgIpc) is 3.76. The van der Waals surface area contributed by atoms with Crippen LogP contribution in [-0.2, 0) is 12.8 Å². The first-order valence-corrected chi connectivity index (χ1v) is 20.8. The number of hydrogen-bond donors (Lipinski definition) is 0. The molecule has 0 N–H and O–H groups in total. The lowest BCUT2D eigenvalue weighted by Gasteiger charge is -2.29. The van der Waals surface area contributed by atoms with E-state index in [1.807, 2.05) is 0 Å². The summed E-state index contributed by atoms with van der Waals surface area (Å²) in [6.07, 6.45) is 33.2. The van der Waals surface area contributed by atoms with Gasteiger partial charge in [0.1, 0.15) is 0 Å². The number of aryl methyl sites for hydroxylation is 1. The number of rotatable bonds is 4. The van der Waals surface area contributed by atoms with Crippen molar-refractivity contribution in [2.24, 2.45) is 5.41 Å². The van der Waals surface area contributed by atoms with Crippen molar-refractivity contribution in [3.63, 3.8) is 0 Å². The lowest BCUT2D eigenvalue weighted by atomic mass is 9.83. The third-order valence-corrected chi connectivity index (χ3v) is 13.0. The second kappa shape index (κ2) is 12.9. The van der Waals surface area contributed by atoms with Crippen LogP contribution >= 0.6 is 0 Å². The van der Waals surface area contributed by atoms with E-state index in [0.29, 0.717) is 6.04 Å². The topological polar surface area (TPSA) is 34.0 Å².